The van der Waals surface area contributed by atoms with Gasteiger partial charge < -0.3 is 10.2 Å². The third kappa shape index (κ3) is 3.51. The Kier molecular flexibility index (Phi) is 4.71. The molecule has 1 fully saturated rings. The number of fused-ring (bicyclic) bond motifs is 1. The molecule has 1 aromatic heterocycles. The Morgan fingerprint density at radius 3 is 2.75 bits per heavy atom. The van der Waals surface area contributed by atoms with Crippen molar-refractivity contribution >= 4 is 34.3 Å². The molecule has 0 radical (unpaired) electrons. The van der Waals surface area contributed by atoms with Crippen molar-refractivity contribution in [1.29, 1.82) is 0 Å². The zero-order chi connectivity index (χ0) is 17.3. The number of halogens is 1. The van der Waals surface area contributed by atoms with Crippen LogP contribution in [0.1, 0.15) is 41.7 Å². The molecule has 1 aliphatic carbocycles. The predicted molar refractivity (Wildman–Crippen MR) is 94.4 cm³/mol. The van der Waals surface area contributed by atoms with Crippen LogP contribution in [0.2, 0.25) is 5.02 Å². The first-order valence-corrected chi connectivity index (χ1v) is 8.49. The Labute approximate surface area is 146 Å². The number of rotatable bonds is 5. The van der Waals surface area contributed by atoms with Gasteiger partial charge in [-0.3, -0.25) is 14.6 Å². The number of nitrogens with one attached hydrogen (secondary N) is 1. The molecule has 24 heavy (non-hydrogen) atoms. The van der Waals surface area contributed by atoms with Gasteiger partial charge in [0, 0.05) is 35.6 Å². The third-order valence-corrected chi connectivity index (χ3v) is 4.57. The number of carbonyl (C=O) groups is 2. The second-order valence-electron chi connectivity index (χ2n) is 6.12. The fourth-order valence-corrected chi connectivity index (χ4v) is 2.73. The Morgan fingerprint density at radius 1 is 1.33 bits per heavy atom. The van der Waals surface area contributed by atoms with Gasteiger partial charge in [-0.2, -0.15) is 0 Å². The van der Waals surface area contributed by atoms with Crippen LogP contribution in [-0.4, -0.2) is 41.8 Å². The number of nitrogens with zero attached hydrogens (tertiary/aromatic N) is 2. The largest absolute Gasteiger partial charge is 0.345 e. The molecular weight excluding hydrogens is 326 g/mol. The maximum atomic E-state index is 12.6. The van der Waals surface area contributed by atoms with Gasteiger partial charge in [0.25, 0.3) is 5.91 Å². The fourth-order valence-electron chi connectivity index (χ4n) is 2.56. The van der Waals surface area contributed by atoms with E-state index in [0.717, 1.165) is 24.1 Å². The second-order valence-corrected chi connectivity index (χ2v) is 6.56. The minimum atomic E-state index is -0.274. The van der Waals surface area contributed by atoms with Crippen LogP contribution in [0.3, 0.4) is 0 Å². The molecule has 0 aliphatic heterocycles. The lowest BCUT2D eigenvalue weighted by atomic mass is 10.1. The van der Waals surface area contributed by atoms with Gasteiger partial charge in [0.2, 0.25) is 5.91 Å². The molecule has 1 N–H and O–H groups in total. The Morgan fingerprint density at radius 2 is 2.08 bits per heavy atom. The SMILES string of the molecule is CCN(C)C(=O)CNC(=O)c1cc(C2CC2)nc2ccc(Cl)cc12. The monoisotopic (exact) mass is 345 g/mol. The molecule has 2 amide bonds. The Hall–Kier alpha value is -2.14. The van der Waals surface area contributed by atoms with Crippen LogP contribution in [0.15, 0.2) is 24.3 Å². The number of benzene rings is 1. The lowest BCUT2D eigenvalue weighted by Crippen LogP contribution is -2.38. The topological polar surface area (TPSA) is 62.3 Å². The van der Waals surface area contributed by atoms with E-state index in [1.807, 2.05) is 19.1 Å². The van der Waals surface area contributed by atoms with Crippen molar-refractivity contribution in [1.82, 2.24) is 15.2 Å². The summed E-state index contributed by atoms with van der Waals surface area (Å²) in [6.07, 6.45) is 2.21. The van der Waals surface area contributed by atoms with E-state index in [0.29, 0.717) is 28.4 Å². The second kappa shape index (κ2) is 6.77. The van der Waals surface area contributed by atoms with Crippen molar-refractivity contribution < 1.29 is 9.59 Å². The summed E-state index contributed by atoms with van der Waals surface area (Å²) in [4.78, 5) is 30.7. The summed E-state index contributed by atoms with van der Waals surface area (Å²) in [6, 6.07) is 7.18. The van der Waals surface area contributed by atoms with Crippen LogP contribution >= 0.6 is 11.6 Å². The highest BCUT2D eigenvalue weighted by Gasteiger charge is 2.27. The van der Waals surface area contributed by atoms with E-state index in [2.05, 4.69) is 10.3 Å². The van der Waals surface area contributed by atoms with Crippen molar-refractivity contribution in [2.45, 2.75) is 25.7 Å². The smallest absolute Gasteiger partial charge is 0.252 e. The number of amides is 2. The highest BCUT2D eigenvalue weighted by Crippen LogP contribution is 2.40. The number of hydrogen-bond acceptors (Lipinski definition) is 3. The number of aromatic nitrogens is 1. The number of pyridine rings is 1. The zero-order valence-corrected chi connectivity index (χ0v) is 14.6. The average Bonchev–Trinajstić information content (AvgIpc) is 3.42. The van der Waals surface area contributed by atoms with Gasteiger partial charge in [-0.1, -0.05) is 11.6 Å². The summed E-state index contributed by atoms with van der Waals surface area (Å²) in [5, 5.41) is 3.98. The van der Waals surface area contributed by atoms with E-state index in [1.165, 1.54) is 0 Å². The van der Waals surface area contributed by atoms with Gasteiger partial charge >= 0.3 is 0 Å². The highest BCUT2D eigenvalue weighted by atomic mass is 35.5. The molecule has 5 nitrogen and oxygen atoms in total. The van der Waals surface area contributed by atoms with Crippen LogP contribution in [0, 0.1) is 0 Å². The molecule has 126 valence electrons. The summed E-state index contributed by atoms with van der Waals surface area (Å²) in [5.74, 6) is 0.0403. The summed E-state index contributed by atoms with van der Waals surface area (Å²) in [6.45, 7) is 2.47. The van der Waals surface area contributed by atoms with E-state index in [4.69, 9.17) is 11.6 Å². The van der Waals surface area contributed by atoms with Gasteiger partial charge in [-0.15, -0.1) is 0 Å². The zero-order valence-electron chi connectivity index (χ0n) is 13.8. The van der Waals surface area contributed by atoms with Crippen LogP contribution in [0.4, 0.5) is 0 Å². The van der Waals surface area contributed by atoms with Gasteiger partial charge in [0.15, 0.2) is 0 Å². The van der Waals surface area contributed by atoms with Crippen molar-refractivity contribution in [3.05, 3.63) is 40.5 Å². The predicted octanol–water partition coefficient (Wildman–Crippen LogP) is 2.97. The minimum Gasteiger partial charge on any atom is -0.345 e. The fraction of sp³-hybridized carbons (Fsp3) is 0.389. The van der Waals surface area contributed by atoms with Gasteiger partial charge in [-0.05, 0) is 44.0 Å². The third-order valence-electron chi connectivity index (χ3n) is 4.33. The molecule has 0 saturated heterocycles. The summed E-state index contributed by atoms with van der Waals surface area (Å²) in [7, 11) is 1.71. The first kappa shape index (κ1) is 16.7. The molecule has 6 heteroatoms. The summed E-state index contributed by atoms with van der Waals surface area (Å²) in [5.41, 5.74) is 2.22. The van der Waals surface area contributed by atoms with Crippen LogP contribution in [0.5, 0.6) is 0 Å². The van der Waals surface area contributed by atoms with Gasteiger partial charge in [0.1, 0.15) is 0 Å². The normalized spacial score (nSPS) is 13.8. The number of likely N-dealkylation sites (N-methyl/N-ethyl adjacent to an activating group) is 1. The van der Waals surface area contributed by atoms with Crippen molar-refractivity contribution in [3.8, 4) is 0 Å². The van der Waals surface area contributed by atoms with Crippen molar-refractivity contribution in [2.75, 3.05) is 20.1 Å². The summed E-state index contributed by atoms with van der Waals surface area (Å²) >= 11 is 6.08. The molecule has 1 aliphatic rings. The van der Waals surface area contributed by atoms with E-state index in [1.54, 1.807) is 24.1 Å². The number of hydrogen-bond donors (Lipinski definition) is 1. The molecule has 0 unspecified atom stereocenters. The van der Waals surface area contributed by atoms with Crippen molar-refractivity contribution in [3.63, 3.8) is 0 Å². The van der Waals surface area contributed by atoms with Crippen LogP contribution in [-0.2, 0) is 4.79 Å². The van der Waals surface area contributed by atoms with E-state index < -0.39 is 0 Å². The van der Waals surface area contributed by atoms with Crippen LogP contribution in [0.25, 0.3) is 10.9 Å². The molecule has 1 heterocycles. The van der Waals surface area contributed by atoms with E-state index >= 15 is 0 Å². The molecular formula is C18H20ClN3O2. The minimum absolute atomic E-state index is 0.0215. The standard InChI is InChI=1S/C18H20ClN3O2/c1-3-22(2)17(23)10-20-18(24)14-9-16(11-4-5-11)21-15-7-6-12(19)8-13(14)15/h6-9,11H,3-5,10H2,1-2H3,(H,20,24). The van der Waals surface area contributed by atoms with Crippen LogP contribution < -0.4 is 5.32 Å². The molecule has 1 aromatic carbocycles. The van der Waals surface area contributed by atoms with E-state index in [-0.39, 0.29) is 18.4 Å². The molecule has 3 rings (SSSR count). The first-order chi connectivity index (χ1) is 11.5. The number of carbonyl (C=O) groups excluding carboxylic acids is 2. The lowest BCUT2D eigenvalue weighted by Gasteiger charge is -2.15. The molecule has 2 aromatic rings. The molecule has 0 atom stereocenters. The van der Waals surface area contributed by atoms with Crippen molar-refractivity contribution in [2.24, 2.45) is 0 Å². The molecule has 1 saturated carbocycles. The quantitative estimate of drug-likeness (QED) is 0.906. The maximum absolute atomic E-state index is 12.6. The highest BCUT2D eigenvalue weighted by molar-refractivity contribution is 6.31. The maximum Gasteiger partial charge on any atom is 0.252 e. The Balaban J connectivity index is 1.90. The summed E-state index contributed by atoms with van der Waals surface area (Å²) < 4.78 is 0. The Bertz CT molecular complexity index is 802. The van der Waals surface area contributed by atoms with Gasteiger partial charge in [0.05, 0.1) is 17.6 Å². The lowest BCUT2D eigenvalue weighted by molar-refractivity contribution is -0.128. The molecule has 0 bridgehead atoms. The first-order valence-electron chi connectivity index (χ1n) is 8.12. The van der Waals surface area contributed by atoms with Gasteiger partial charge in [-0.25, -0.2) is 0 Å². The van der Waals surface area contributed by atoms with E-state index in [9.17, 15) is 9.59 Å². The average molecular weight is 346 g/mol. The molecule has 0 spiro atoms.